The predicted molar refractivity (Wildman–Crippen MR) is 100 cm³/mol. The largest absolute Gasteiger partial charge is 0.339 e. The topological polar surface area (TPSA) is 59.2 Å². The van der Waals surface area contributed by atoms with Crippen molar-refractivity contribution in [2.24, 2.45) is 11.8 Å². The van der Waals surface area contributed by atoms with Crippen molar-refractivity contribution in [3.8, 4) is 0 Å². The van der Waals surface area contributed by atoms with Gasteiger partial charge in [-0.1, -0.05) is 29.5 Å². The van der Waals surface area contributed by atoms with Gasteiger partial charge in [-0.3, -0.25) is 4.79 Å². The van der Waals surface area contributed by atoms with E-state index in [4.69, 9.17) is 4.52 Å². The van der Waals surface area contributed by atoms with Crippen molar-refractivity contribution in [1.82, 2.24) is 15.0 Å². The number of likely N-dealkylation sites (tertiary alicyclic amines) is 1. The molecule has 1 fully saturated rings. The maximum atomic E-state index is 12.5. The third-order valence-electron chi connectivity index (χ3n) is 6.08. The first kappa shape index (κ1) is 17.7. The fraction of sp³-hybridized carbons (Fsp3) is 0.667. The molecule has 5 nitrogen and oxygen atoms in total. The summed E-state index contributed by atoms with van der Waals surface area (Å²) >= 11 is 0. The molecule has 2 unspecified atom stereocenters. The Balaban J connectivity index is 1.30. The van der Waals surface area contributed by atoms with Crippen molar-refractivity contribution in [1.29, 1.82) is 0 Å². The van der Waals surface area contributed by atoms with Gasteiger partial charge in [0.25, 0.3) is 0 Å². The molecule has 0 N–H and O–H groups in total. The lowest BCUT2D eigenvalue weighted by atomic mass is 9.91. The van der Waals surface area contributed by atoms with Crippen LogP contribution in [0.3, 0.4) is 0 Å². The average Bonchev–Trinajstić information content (AvgIpc) is 3.20. The number of Topliss-reactive ketones (excluding diaryl/α,β-unsaturated/α-hetero) is 1. The number of carbonyl (C=O) groups is 1. The summed E-state index contributed by atoms with van der Waals surface area (Å²) in [7, 11) is 0. The summed E-state index contributed by atoms with van der Waals surface area (Å²) < 4.78 is 5.47. The lowest BCUT2D eigenvalue weighted by Gasteiger charge is -2.33. The SMILES string of the molecule is O=C(c1noc(C2CCN(CC3CC=CCC3)CC2)n1)C1C=CCCC1. The standard InChI is InChI=1S/C21H29N3O2/c25-19(17-9-5-2-6-10-17)20-22-21(26-23-20)18-11-13-24(14-12-18)15-16-7-3-1-4-8-16/h1,3,5,9,16-18H,2,4,6-8,10-15H2. The minimum atomic E-state index is -0.0689. The van der Waals surface area contributed by atoms with Crippen LogP contribution in [-0.4, -0.2) is 40.5 Å². The number of aromatic nitrogens is 2. The first-order chi connectivity index (χ1) is 12.8. The Morgan fingerprint density at radius 1 is 1.12 bits per heavy atom. The molecule has 1 aromatic rings. The number of nitrogens with zero attached hydrogens (tertiary/aromatic N) is 3. The summed E-state index contributed by atoms with van der Waals surface area (Å²) in [6.45, 7) is 3.38. The lowest BCUT2D eigenvalue weighted by molar-refractivity contribution is 0.0923. The van der Waals surface area contributed by atoms with E-state index >= 15 is 0 Å². The van der Waals surface area contributed by atoms with Gasteiger partial charge in [0.1, 0.15) is 0 Å². The molecule has 0 amide bonds. The van der Waals surface area contributed by atoms with Crippen LogP contribution in [0.1, 0.15) is 73.8 Å². The molecule has 0 aromatic carbocycles. The van der Waals surface area contributed by atoms with E-state index in [0.717, 1.165) is 51.1 Å². The Hall–Kier alpha value is -1.75. The maximum absolute atomic E-state index is 12.5. The Morgan fingerprint density at radius 3 is 2.73 bits per heavy atom. The van der Waals surface area contributed by atoms with Crippen LogP contribution in [0, 0.1) is 11.8 Å². The van der Waals surface area contributed by atoms with Crippen LogP contribution in [0.15, 0.2) is 28.8 Å². The van der Waals surface area contributed by atoms with Crippen LogP contribution >= 0.6 is 0 Å². The molecule has 0 spiro atoms. The van der Waals surface area contributed by atoms with Gasteiger partial charge >= 0.3 is 0 Å². The van der Waals surface area contributed by atoms with Gasteiger partial charge in [-0.05, 0) is 70.4 Å². The highest BCUT2D eigenvalue weighted by atomic mass is 16.5. The third kappa shape index (κ3) is 4.14. The highest BCUT2D eigenvalue weighted by molar-refractivity contribution is 5.95. The second-order valence-electron chi connectivity index (χ2n) is 8.01. The second kappa shape index (κ2) is 8.30. The molecule has 2 heterocycles. The molecule has 5 heteroatoms. The number of hydrogen-bond donors (Lipinski definition) is 0. The molecule has 26 heavy (non-hydrogen) atoms. The molecule has 0 bridgehead atoms. The summed E-state index contributed by atoms with van der Waals surface area (Å²) in [5, 5.41) is 3.99. The minimum Gasteiger partial charge on any atom is -0.339 e. The molecular formula is C21H29N3O2. The van der Waals surface area contributed by atoms with Gasteiger partial charge in [0.2, 0.25) is 17.5 Å². The molecule has 1 aliphatic heterocycles. The monoisotopic (exact) mass is 355 g/mol. The van der Waals surface area contributed by atoms with Crippen LogP contribution in [-0.2, 0) is 0 Å². The van der Waals surface area contributed by atoms with E-state index in [1.165, 1.54) is 25.8 Å². The van der Waals surface area contributed by atoms with Gasteiger partial charge in [0, 0.05) is 18.4 Å². The molecule has 3 aliphatic rings. The van der Waals surface area contributed by atoms with Gasteiger partial charge < -0.3 is 9.42 Å². The number of ketones is 1. The van der Waals surface area contributed by atoms with E-state index in [2.05, 4.69) is 33.3 Å². The summed E-state index contributed by atoms with van der Waals surface area (Å²) in [5.41, 5.74) is 0. The molecule has 4 rings (SSSR count). The van der Waals surface area contributed by atoms with E-state index in [1.807, 2.05) is 6.08 Å². The Morgan fingerprint density at radius 2 is 2.00 bits per heavy atom. The smallest absolute Gasteiger partial charge is 0.239 e. The van der Waals surface area contributed by atoms with Crippen LogP contribution in [0.2, 0.25) is 0 Å². The number of allylic oxidation sites excluding steroid dienone is 4. The average molecular weight is 355 g/mol. The van der Waals surface area contributed by atoms with E-state index in [1.54, 1.807) is 0 Å². The fourth-order valence-electron chi connectivity index (χ4n) is 4.45. The quantitative estimate of drug-likeness (QED) is 0.587. The molecule has 2 aliphatic carbocycles. The Bertz CT molecular complexity index is 671. The van der Waals surface area contributed by atoms with Crippen LogP contribution in [0.25, 0.3) is 0 Å². The van der Waals surface area contributed by atoms with Crippen molar-refractivity contribution < 1.29 is 9.32 Å². The van der Waals surface area contributed by atoms with Gasteiger partial charge in [-0.25, -0.2) is 0 Å². The Kier molecular flexibility index (Phi) is 5.63. The lowest BCUT2D eigenvalue weighted by Crippen LogP contribution is -2.36. The summed E-state index contributed by atoms with van der Waals surface area (Å²) in [5.74, 6) is 1.99. The predicted octanol–water partition coefficient (Wildman–Crippen LogP) is 4.14. The summed E-state index contributed by atoms with van der Waals surface area (Å²) in [6.07, 6.45) is 17.6. The van der Waals surface area contributed by atoms with E-state index in [9.17, 15) is 4.79 Å². The van der Waals surface area contributed by atoms with E-state index in [0.29, 0.717) is 11.8 Å². The molecule has 0 saturated carbocycles. The van der Waals surface area contributed by atoms with E-state index in [-0.39, 0.29) is 17.5 Å². The molecular weight excluding hydrogens is 326 g/mol. The molecule has 2 atom stereocenters. The van der Waals surface area contributed by atoms with Crippen molar-refractivity contribution in [2.45, 2.75) is 57.3 Å². The van der Waals surface area contributed by atoms with Gasteiger partial charge in [0.05, 0.1) is 0 Å². The fourth-order valence-corrected chi connectivity index (χ4v) is 4.45. The zero-order valence-corrected chi connectivity index (χ0v) is 15.5. The Labute approximate surface area is 155 Å². The van der Waals surface area contributed by atoms with Crippen molar-refractivity contribution in [3.63, 3.8) is 0 Å². The normalized spacial score (nSPS) is 27.7. The maximum Gasteiger partial charge on any atom is 0.239 e. The summed E-state index contributed by atoms with van der Waals surface area (Å²) in [6, 6.07) is 0. The van der Waals surface area contributed by atoms with Crippen LogP contribution in [0.4, 0.5) is 0 Å². The highest BCUT2D eigenvalue weighted by Crippen LogP contribution is 2.29. The first-order valence-electron chi connectivity index (χ1n) is 10.2. The number of carbonyl (C=O) groups excluding carboxylic acids is 1. The van der Waals surface area contributed by atoms with Gasteiger partial charge in [0.15, 0.2) is 0 Å². The number of piperidine rings is 1. The van der Waals surface area contributed by atoms with Gasteiger partial charge in [-0.2, -0.15) is 4.98 Å². The van der Waals surface area contributed by atoms with Gasteiger partial charge in [-0.15, -0.1) is 0 Å². The number of rotatable bonds is 5. The van der Waals surface area contributed by atoms with Crippen molar-refractivity contribution in [3.05, 3.63) is 36.0 Å². The second-order valence-corrected chi connectivity index (χ2v) is 8.01. The van der Waals surface area contributed by atoms with E-state index < -0.39 is 0 Å². The molecule has 1 aromatic heterocycles. The first-order valence-corrected chi connectivity index (χ1v) is 10.2. The van der Waals surface area contributed by atoms with Crippen molar-refractivity contribution >= 4 is 5.78 Å². The zero-order valence-electron chi connectivity index (χ0n) is 15.5. The molecule has 0 radical (unpaired) electrons. The molecule has 1 saturated heterocycles. The zero-order chi connectivity index (χ0) is 17.8. The van der Waals surface area contributed by atoms with Crippen LogP contribution in [0.5, 0.6) is 0 Å². The van der Waals surface area contributed by atoms with Crippen LogP contribution < -0.4 is 0 Å². The number of hydrogen-bond acceptors (Lipinski definition) is 5. The minimum absolute atomic E-state index is 0.0127. The molecule has 140 valence electrons. The summed E-state index contributed by atoms with van der Waals surface area (Å²) in [4.78, 5) is 19.6. The van der Waals surface area contributed by atoms with Crippen molar-refractivity contribution in [2.75, 3.05) is 19.6 Å². The third-order valence-corrected chi connectivity index (χ3v) is 6.08. The highest BCUT2D eigenvalue weighted by Gasteiger charge is 2.29.